The summed E-state index contributed by atoms with van der Waals surface area (Å²) in [5.41, 5.74) is 1.31. The van der Waals surface area contributed by atoms with Gasteiger partial charge in [0, 0.05) is 28.4 Å². The Bertz CT molecular complexity index is 752. The molecule has 1 N–H and O–H groups in total. The molecule has 0 heterocycles. The molecule has 0 bridgehead atoms. The molecule has 2 aromatic carbocycles. The Morgan fingerprint density at radius 2 is 1.67 bits per heavy atom. The summed E-state index contributed by atoms with van der Waals surface area (Å²) in [5, 5.41) is 13.2. The van der Waals surface area contributed by atoms with Gasteiger partial charge in [0.05, 0.1) is 5.60 Å². The highest BCUT2D eigenvalue weighted by atomic mass is 35.5. The Labute approximate surface area is 178 Å². The minimum atomic E-state index is -0.794. The largest absolute Gasteiger partial charge is 0.389 e. The molecule has 5 heteroatoms. The lowest BCUT2D eigenvalue weighted by atomic mass is 9.67. The van der Waals surface area contributed by atoms with Gasteiger partial charge >= 0.3 is 0 Å². The molecule has 0 aromatic heterocycles. The summed E-state index contributed by atoms with van der Waals surface area (Å²) in [6, 6.07) is 15.9. The van der Waals surface area contributed by atoms with E-state index in [0.717, 1.165) is 46.9 Å². The van der Waals surface area contributed by atoms with Crippen LogP contribution in [0.25, 0.3) is 0 Å². The molecule has 0 amide bonds. The monoisotopic (exact) mass is 427 g/mol. The Kier molecular flexibility index (Phi) is 8.03. The van der Waals surface area contributed by atoms with Crippen LogP contribution in [0, 0.1) is 5.92 Å². The number of hydrogen-bond acceptors (Lipinski definition) is 2. The van der Waals surface area contributed by atoms with Crippen LogP contribution >= 0.6 is 35.6 Å². The van der Waals surface area contributed by atoms with Crippen molar-refractivity contribution in [2.45, 2.75) is 43.7 Å². The fraction of sp³-hybridized carbons (Fsp3) is 0.455. The topological polar surface area (TPSA) is 23.5 Å². The second kappa shape index (κ2) is 9.62. The van der Waals surface area contributed by atoms with Crippen LogP contribution in [-0.2, 0) is 6.42 Å². The summed E-state index contributed by atoms with van der Waals surface area (Å²) >= 11 is 12.9. The second-order valence-corrected chi connectivity index (χ2v) is 8.47. The zero-order chi connectivity index (χ0) is 18.7. The molecule has 1 aliphatic carbocycles. The average Bonchev–Trinajstić information content (AvgIpc) is 2.60. The highest BCUT2D eigenvalue weighted by Crippen LogP contribution is 2.46. The van der Waals surface area contributed by atoms with Crippen LogP contribution < -0.4 is 0 Å². The maximum Gasteiger partial charge on any atom is 0.0734 e. The van der Waals surface area contributed by atoms with E-state index in [9.17, 15) is 5.11 Å². The van der Waals surface area contributed by atoms with Crippen molar-refractivity contribution in [2.75, 3.05) is 14.1 Å². The van der Waals surface area contributed by atoms with Gasteiger partial charge in [-0.1, -0.05) is 72.4 Å². The zero-order valence-corrected chi connectivity index (χ0v) is 18.2. The molecule has 3 rings (SSSR count). The summed E-state index contributed by atoms with van der Waals surface area (Å²) in [4.78, 5) is 2.19. The van der Waals surface area contributed by atoms with Gasteiger partial charge < -0.3 is 10.0 Å². The van der Waals surface area contributed by atoms with Gasteiger partial charge in [-0.2, -0.15) is 0 Å². The molecule has 3 atom stereocenters. The Morgan fingerprint density at radius 1 is 1.04 bits per heavy atom. The zero-order valence-electron chi connectivity index (χ0n) is 15.9. The molecule has 2 nitrogen and oxygen atoms in total. The fourth-order valence-corrected chi connectivity index (χ4v) is 4.91. The van der Waals surface area contributed by atoms with Crippen molar-refractivity contribution >= 4 is 35.6 Å². The molecule has 148 valence electrons. The molecule has 0 radical (unpaired) electrons. The van der Waals surface area contributed by atoms with Crippen LogP contribution in [0.5, 0.6) is 0 Å². The first-order valence-corrected chi connectivity index (χ1v) is 10.0. The van der Waals surface area contributed by atoms with Crippen LogP contribution in [0.4, 0.5) is 0 Å². The van der Waals surface area contributed by atoms with Crippen molar-refractivity contribution in [1.29, 1.82) is 0 Å². The van der Waals surface area contributed by atoms with Crippen molar-refractivity contribution < 1.29 is 5.11 Å². The van der Waals surface area contributed by atoms with Crippen molar-refractivity contribution in [3.63, 3.8) is 0 Å². The van der Waals surface area contributed by atoms with E-state index in [2.05, 4.69) is 25.1 Å². The predicted molar refractivity (Wildman–Crippen MR) is 117 cm³/mol. The van der Waals surface area contributed by atoms with Crippen molar-refractivity contribution in [2.24, 2.45) is 5.92 Å². The third kappa shape index (κ3) is 4.99. The number of halogens is 3. The van der Waals surface area contributed by atoms with Gasteiger partial charge in [-0.05, 0) is 50.2 Å². The molecule has 1 fully saturated rings. The third-order valence-corrected chi connectivity index (χ3v) is 6.39. The van der Waals surface area contributed by atoms with Crippen LogP contribution in [0.3, 0.4) is 0 Å². The highest BCUT2D eigenvalue weighted by Gasteiger charge is 2.45. The van der Waals surface area contributed by atoms with Gasteiger partial charge in [0.2, 0.25) is 0 Å². The fourth-order valence-electron chi connectivity index (χ4n) is 4.46. The first-order valence-electron chi connectivity index (χ1n) is 9.29. The van der Waals surface area contributed by atoms with Crippen LogP contribution in [-0.4, -0.2) is 29.7 Å². The van der Waals surface area contributed by atoms with Crippen molar-refractivity contribution in [3.05, 3.63) is 69.7 Å². The Balaban J connectivity index is 0.00000261. The van der Waals surface area contributed by atoms with Gasteiger partial charge in [0.25, 0.3) is 0 Å². The number of hydrogen-bond donors (Lipinski definition) is 1. The number of nitrogens with zero attached hydrogens (tertiary/aromatic N) is 1. The smallest absolute Gasteiger partial charge is 0.0734 e. The molecule has 1 saturated carbocycles. The summed E-state index contributed by atoms with van der Waals surface area (Å²) in [6.45, 7) is 0. The molecule has 2 aromatic rings. The van der Waals surface area contributed by atoms with Gasteiger partial charge in [0.1, 0.15) is 0 Å². The maximum atomic E-state index is 11.8. The molecule has 0 aliphatic heterocycles. The third-order valence-electron chi connectivity index (χ3n) is 5.68. The lowest BCUT2D eigenvalue weighted by molar-refractivity contribution is -0.0770. The van der Waals surface area contributed by atoms with Crippen molar-refractivity contribution in [3.8, 4) is 0 Å². The minimum Gasteiger partial charge on any atom is -0.389 e. The van der Waals surface area contributed by atoms with Gasteiger partial charge in [-0.15, -0.1) is 12.4 Å². The van der Waals surface area contributed by atoms with E-state index < -0.39 is 5.60 Å². The average molecular weight is 429 g/mol. The number of benzene rings is 2. The molecule has 0 spiro atoms. The quantitative estimate of drug-likeness (QED) is 0.614. The van der Waals surface area contributed by atoms with Crippen LogP contribution in [0.15, 0.2) is 48.5 Å². The normalized spacial score (nSPS) is 23.7. The van der Waals surface area contributed by atoms with Gasteiger partial charge in [-0.3, -0.25) is 0 Å². The van der Waals surface area contributed by atoms with E-state index in [1.54, 1.807) is 0 Å². The van der Waals surface area contributed by atoms with Crippen LogP contribution in [0.2, 0.25) is 10.0 Å². The predicted octanol–water partition coefficient (Wildman–Crippen LogP) is 6.18. The molecule has 27 heavy (non-hydrogen) atoms. The minimum absolute atomic E-state index is 0. The summed E-state index contributed by atoms with van der Waals surface area (Å²) in [5.74, 6) is 0.0995. The van der Waals surface area contributed by atoms with Crippen LogP contribution in [0.1, 0.15) is 42.9 Å². The summed E-state index contributed by atoms with van der Waals surface area (Å²) < 4.78 is 0. The number of rotatable bonds is 5. The molecule has 3 unspecified atom stereocenters. The lowest BCUT2D eigenvalue weighted by Crippen LogP contribution is -2.48. The van der Waals surface area contributed by atoms with E-state index >= 15 is 0 Å². The first-order chi connectivity index (χ1) is 12.4. The first kappa shape index (κ1) is 22.5. The molecule has 1 aliphatic rings. The maximum absolute atomic E-state index is 11.8. The summed E-state index contributed by atoms with van der Waals surface area (Å²) in [7, 11) is 4.14. The molecular formula is C22H28Cl3NO. The van der Waals surface area contributed by atoms with E-state index in [0.29, 0.717) is 6.42 Å². The van der Waals surface area contributed by atoms with Gasteiger partial charge in [0.15, 0.2) is 0 Å². The standard InChI is InChI=1S/C22H27Cl2NO.ClH/c1-25(2)21(17-10-4-6-13-20(17)24)18-11-7-8-14-22(18,26)15-16-9-3-5-12-19(16)23;/h3-6,9-10,12-13,18,21,26H,7-8,11,14-15H2,1-2H3;1H. The van der Waals surface area contributed by atoms with Crippen molar-refractivity contribution in [1.82, 2.24) is 4.90 Å². The van der Waals surface area contributed by atoms with Gasteiger partial charge in [-0.25, -0.2) is 0 Å². The number of aliphatic hydroxyl groups is 1. The molecule has 0 saturated heterocycles. The van der Waals surface area contributed by atoms with E-state index in [4.69, 9.17) is 23.2 Å². The second-order valence-electron chi connectivity index (χ2n) is 7.65. The Morgan fingerprint density at radius 3 is 2.30 bits per heavy atom. The summed E-state index contributed by atoms with van der Waals surface area (Å²) in [6.07, 6.45) is 4.52. The SMILES string of the molecule is CN(C)C(c1ccccc1Cl)C1CCCCC1(O)Cc1ccccc1Cl.Cl. The molecular weight excluding hydrogens is 401 g/mol. The lowest BCUT2D eigenvalue weighted by Gasteiger charge is -2.46. The highest BCUT2D eigenvalue weighted by molar-refractivity contribution is 6.31. The van der Waals surface area contributed by atoms with E-state index in [1.165, 1.54) is 0 Å². The van der Waals surface area contributed by atoms with E-state index in [-0.39, 0.29) is 24.4 Å². The van der Waals surface area contributed by atoms with E-state index in [1.807, 2.05) is 42.5 Å². The Hall–Kier alpha value is -0.770.